The van der Waals surface area contributed by atoms with Crippen LogP contribution in [0, 0.1) is 0 Å². The van der Waals surface area contributed by atoms with Gasteiger partial charge < -0.3 is 10.5 Å². The molecule has 1 fully saturated rings. The maximum Gasteiger partial charge on any atom is 0.282 e. The predicted molar refractivity (Wildman–Crippen MR) is 66.8 cm³/mol. The van der Waals surface area contributed by atoms with Gasteiger partial charge in [0, 0.05) is 32.7 Å². The van der Waals surface area contributed by atoms with E-state index < -0.39 is 10.2 Å². The molecular formula is C10H23N3O3S. The molecule has 7 heteroatoms. The first-order valence-corrected chi connectivity index (χ1v) is 7.27. The average molecular weight is 265 g/mol. The van der Waals surface area contributed by atoms with Gasteiger partial charge in [-0.3, -0.25) is 0 Å². The molecule has 1 aliphatic rings. The number of ether oxygens (including phenoxy) is 1. The third-order valence-electron chi connectivity index (χ3n) is 3.04. The zero-order valence-corrected chi connectivity index (χ0v) is 11.8. The van der Waals surface area contributed by atoms with Gasteiger partial charge in [-0.2, -0.15) is 17.0 Å². The molecule has 17 heavy (non-hydrogen) atoms. The molecule has 6 nitrogen and oxygen atoms in total. The van der Waals surface area contributed by atoms with Gasteiger partial charge in [-0.15, -0.1) is 0 Å². The Balaban J connectivity index is 2.82. The minimum absolute atomic E-state index is 0.0740. The molecule has 0 aromatic carbocycles. The molecule has 1 aliphatic heterocycles. The first-order chi connectivity index (χ1) is 7.78. The molecule has 0 aromatic heterocycles. The van der Waals surface area contributed by atoms with Crippen molar-refractivity contribution >= 4 is 10.2 Å². The van der Waals surface area contributed by atoms with Gasteiger partial charge in [0.05, 0.1) is 12.2 Å². The fraction of sp³-hybridized carbons (Fsp3) is 1.00. The Morgan fingerprint density at radius 1 is 1.41 bits per heavy atom. The Kier molecular flexibility index (Phi) is 4.91. The lowest BCUT2D eigenvalue weighted by atomic mass is 10.3. The number of morpholine rings is 1. The minimum Gasteiger partial charge on any atom is -0.373 e. The number of nitrogens with zero attached hydrogens (tertiary/aromatic N) is 2. The Bertz CT molecular complexity index is 337. The van der Waals surface area contributed by atoms with Gasteiger partial charge in [0.1, 0.15) is 0 Å². The molecule has 2 N–H and O–H groups in total. The van der Waals surface area contributed by atoms with E-state index in [1.807, 2.05) is 13.8 Å². The summed E-state index contributed by atoms with van der Waals surface area (Å²) < 4.78 is 33.0. The van der Waals surface area contributed by atoms with Crippen LogP contribution in [0.2, 0.25) is 0 Å². The maximum atomic E-state index is 12.3. The number of hydrogen-bond acceptors (Lipinski definition) is 4. The summed E-state index contributed by atoms with van der Waals surface area (Å²) in [5.74, 6) is 0. The lowest BCUT2D eigenvalue weighted by Gasteiger charge is -2.37. The van der Waals surface area contributed by atoms with Crippen LogP contribution in [0.3, 0.4) is 0 Å². The van der Waals surface area contributed by atoms with E-state index in [4.69, 9.17) is 10.5 Å². The second kappa shape index (κ2) is 5.62. The highest BCUT2D eigenvalue weighted by molar-refractivity contribution is 7.86. The van der Waals surface area contributed by atoms with Gasteiger partial charge in [-0.05, 0) is 20.8 Å². The van der Waals surface area contributed by atoms with Crippen LogP contribution >= 0.6 is 0 Å². The quantitative estimate of drug-likeness (QED) is 0.752. The summed E-state index contributed by atoms with van der Waals surface area (Å²) in [5, 5.41) is 0. The molecule has 1 heterocycles. The maximum absolute atomic E-state index is 12.3. The molecule has 0 radical (unpaired) electrons. The van der Waals surface area contributed by atoms with Crippen molar-refractivity contribution in [3.63, 3.8) is 0 Å². The molecule has 1 rings (SSSR count). The standard InChI is InChI=1S/C10H23N3O3S/c1-8(5-11)12(4)17(14,15)13-6-9(2)16-10(3)7-13/h8-10H,5-7,11H2,1-4H3. The van der Waals surface area contributed by atoms with Crippen molar-refractivity contribution in [3.05, 3.63) is 0 Å². The minimum atomic E-state index is -3.43. The third kappa shape index (κ3) is 3.38. The van der Waals surface area contributed by atoms with Crippen molar-refractivity contribution in [2.24, 2.45) is 5.73 Å². The summed E-state index contributed by atoms with van der Waals surface area (Å²) >= 11 is 0. The second-order valence-corrected chi connectivity index (χ2v) is 6.67. The predicted octanol–water partition coefficient (Wildman–Crippen LogP) is -0.381. The highest BCUT2D eigenvalue weighted by Gasteiger charge is 2.35. The topological polar surface area (TPSA) is 75.9 Å². The smallest absolute Gasteiger partial charge is 0.282 e. The Morgan fingerprint density at radius 2 is 1.88 bits per heavy atom. The van der Waals surface area contributed by atoms with E-state index >= 15 is 0 Å². The van der Waals surface area contributed by atoms with Crippen molar-refractivity contribution in [1.29, 1.82) is 0 Å². The van der Waals surface area contributed by atoms with Gasteiger partial charge >= 0.3 is 0 Å². The van der Waals surface area contributed by atoms with Gasteiger partial charge in [0.25, 0.3) is 10.2 Å². The molecule has 0 amide bonds. The van der Waals surface area contributed by atoms with Crippen LogP contribution in [0.5, 0.6) is 0 Å². The van der Waals surface area contributed by atoms with Gasteiger partial charge in [0.15, 0.2) is 0 Å². The zero-order valence-electron chi connectivity index (χ0n) is 11.0. The molecule has 0 aromatic rings. The van der Waals surface area contributed by atoms with Crippen molar-refractivity contribution in [1.82, 2.24) is 8.61 Å². The number of rotatable bonds is 4. The SMILES string of the molecule is CC1CN(S(=O)(=O)N(C)C(C)CN)CC(C)O1. The molecule has 1 saturated heterocycles. The fourth-order valence-corrected chi connectivity index (χ4v) is 3.58. The molecule has 3 unspecified atom stereocenters. The molecule has 102 valence electrons. The molecule has 0 saturated carbocycles. The average Bonchev–Trinajstić information content (AvgIpc) is 2.25. The lowest BCUT2D eigenvalue weighted by molar-refractivity contribution is -0.0455. The summed E-state index contributed by atoms with van der Waals surface area (Å²) in [7, 11) is -1.87. The van der Waals surface area contributed by atoms with E-state index in [-0.39, 0.29) is 18.2 Å². The first-order valence-electron chi connectivity index (χ1n) is 5.87. The van der Waals surface area contributed by atoms with E-state index in [0.717, 1.165) is 0 Å². The van der Waals surface area contributed by atoms with Crippen molar-refractivity contribution in [2.75, 3.05) is 26.7 Å². The number of hydrogen-bond donors (Lipinski definition) is 1. The van der Waals surface area contributed by atoms with Gasteiger partial charge in [0.2, 0.25) is 0 Å². The first kappa shape index (κ1) is 14.8. The van der Waals surface area contributed by atoms with Crippen molar-refractivity contribution in [2.45, 2.75) is 39.0 Å². The van der Waals surface area contributed by atoms with Crippen LogP contribution in [-0.4, -0.2) is 62.0 Å². The molecule has 0 aliphatic carbocycles. The van der Waals surface area contributed by atoms with Crippen LogP contribution in [0.25, 0.3) is 0 Å². The highest BCUT2D eigenvalue weighted by Crippen LogP contribution is 2.17. The summed E-state index contributed by atoms with van der Waals surface area (Å²) in [5.41, 5.74) is 5.50. The molecule has 0 bridgehead atoms. The van der Waals surface area contributed by atoms with Gasteiger partial charge in [-0.1, -0.05) is 0 Å². The Hall–Kier alpha value is -0.210. The van der Waals surface area contributed by atoms with E-state index in [0.29, 0.717) is 19.6 Å². The second-order valence-electron chi connectivity index (χ2n) is 4.68. The Labute approximate surface area is 104 Å². The van der Waals surface area contributed by atoms with Crippen molar-refractivity contribution in [3.8, 4) is 0 Å². The molecule has 3 atom stereocenters. The van der Waals surface area contributed by atoms with Crippen molar-refractivity contribution < 1.29 is 13.2 Å². The number of nitrogens with two attached hydrogens (primary N) is 1. The number of likely N-dealkylation sites (N-methyl/N-ethyl adjacent to an activating group) is 1. The van der Waals surface area contributed by atoms with Crippen LogP contribution in [-0.2, 0) is 14.9 Å². The van der Waals surface area contributed by atoms with E-state index in [2.05, 4.69) is 0 Å². The van der Waals surface area contributed by atoms with Gasteiger partial charge in [-0.25, -0.2) is 0 Å². The largest absolute Gasteiger partial charge is 0.373 e. The summed E-state index contributed by atoms with van der Waals surface area (Å²) in [6, 6.07) is -0.201. The monoisotopic (exact) mass is 265 g/mol. The fourth-order valence-electron chi connectivity index (χ4n) is 1.88. The molecular weight excluding hydrogens is 242 g/mol. The van der Waals surface area contributed by atoms with Crippen LogP contribution < -0.4 is 5.73 Å². The van der Waals surface area contributed by atoms with Crippen LogP contribution in [0.15, 0.2) is 0 Å². The van der Waals surface area contributed by atoms with E-state index in [1.165, 1.54) is 8.61 Å². The molecule has 0 spiro atoms. The zero-order chi connectivity index (χ0) is 13.2. The normalized spacial score (nSPS) is 29.5. The highest BCUT2D eigenvalue weighted by atomic mass is 32.2. The third-order valence-corrected chi connectivity index (χ3v) is 5.08. The van der Waals surface area contributed by atoms with Crippen LogP contribution in [0.1, 0.15) is 20.8 Å². The van der Waals surface area contributed by atoms with Crippen LogP contribution in [0.4, 0.5) is 0 Å². The summed E-state index contributed by atoms with van der Waals surface area (Å²) in [6.07, 6.45) is -0.148. The van der Waals surface area contributed by atoms with E-state index in [9.17, 15) is 8.42 Å². The van der Waals surface area contributed by atoms with E-state index in [1.54, 1.807) is 14.0 Å². The lowest BCUT2D eigenvalue weighted by Crippen LogP contribution is -2.54. The summed E-state index contributed by atoms with van der Waals surface area (Å²) in [6.45, 7) is 6.66. The Morgan fingerprint density at radius 3 is 2.29 bits per heavy atom. The summed E-state index contributed by atoms with van der Waals surface area (Å²) in [4.78, 5) is 0.